The molecule has 0 saturated carbocycles. The molecule has 0 saturated heterocycles. The van der Waals surface area contributed by atoms with E-state index >= 15 is 0 Å². The van der Waals surface area contributed by atoms with Crippen LogP contribution in [0.2, 0.25) is 0 Å². The van der Waals surface area contributed by atoms with Crippen molar-refractivity contribution >= 4 is 28.6 Å². The van der Waals surface area contributed by atoms with Crippen molar-refractivity contribution < 1.29 is 19.0 Å². The number of aliphatic hydroxyl groups excluding tert-OH is 1. The van der Waals surface area contributed by atoms with E-state index in [1.54, 1.807) is 32.2 Å². The Morgan fingerprint density at radius 1 is 1.18 bits per heavy atom. The van der Waals surface area contributed by atoms with Crippen LogP contribution in [-0.2, 0) is 0 Å². The lowest BCUT2D eigenvalue weighted by Gasteiger charge is -2.12. The van der Waals surface area contributed by atoms with Gasteiger partial charge in [-0.05, 0) is 56.3 Å². The maximum absolute atomic E-state index is 13.3. The normalized spacial score (nSPS) is 11.8. The van der Waals surface area contributed by atoms with Gasteiger partial charge in [0.15, 0.2) is 11.5 Å². The van der Waals surface area contributed by atoms with Crippen LogP contribution in [0, 0.1) is 12.7 Å². The molecule has 1 unspecified atom stereocenters. The summed E-state index contributed by atoms with van der Waals surface area (Å²) >= 11 is 0. The minimum atomic E-state index is -0.675. The third kappa shape index (κ3) is 5.43. The molecular formula is C26H23FN8O4. The summed E-state index contributed by atoms with van der Waals surface area (Å²) in [7, 11) is 0. The Hall–Kier alpha value is -5.17. The molecule has 39 heavy (non-hydrogen) atoms. The number of halogens is 1. The zero-order chi connectivity index (χ0) is 27.5. The van der Waals surface area contributed by atoms with Crippen molar-refractivity contribution in [2.75, 3.05) is 17.2 Å². The molecule has 5 rings (SSSR count). The van der Waals surface area contributed by atoms with Gasteiger partial charge in [0.25, 0.3) is 11.5 Å². The van der Waals surface area contributed by atoms with Crippen LogP contribution < -0.4 is 20.9 Å². The van der Waals surface area contributed by atoms with E-state index < -0.39 is 17.3 Å². The first-order chi connectivity index (χ1) is 18.8. The van der Waals surface area contributed by atoms with Gasteiger partial charge in [0.05, 0.1) is 24.2 Å². The molecule has 4 N–H and O–H groups in total. The van der Waals surface area contributed by atoms with Gasteiger partial charge in [-0.25, -0.2) is 14.4 Å². The van der Waals surface area contributed by atoms with Gasteiger partial charge in [-0.15, -0.1) is 0 Å². The lowest BCUT2D eigenvalue weighted by atomic mass is 10.2. The average molecular weight is 531 g/mol. The van der Waals surface area contributed by atoms with Gasteiger partial charge in [-0.2, -0.15) is 14.9 Å². The lowest BCUT2D eigenvalue weighted by Crippen LogP contribution is -2.30. The van der Waals surface area contributed by atoms with Crippen LogP contribution in [0.1, 0.15) is 23.0 Å². The molecule has 0 fully saturated rings. The number of benzene rings is 1. The highest BCUT2D eigenvalue weighted by Gasteiger charge is 2.18. The maximum Gasteiger partial charge on any atom is 0.284 e. The molecule has 12 nitrogen and oxygen atoms in total. The fourth-order valence-corrected chi connectivity index (χ4v) is 3.75. The molecule has 0 radical (unpaired) electrons. The number of anilines is 2. The van der Waals surface area contributed by atoms with Crippen molar-refractivity contribution in [3.05, 3.63) is 88.4 Å². The van der Waals surface area contributed by atoms with E-state index in [0.717, 1.165) is 4.68 Å². The molecule has 0 aliphatic rings. The first kappa shape index (κ1) is 25.5. The zero-order valence-electron chi connectivity index (χ0n) is 20.8. The molecule has 4 aromatic heterocycles. The van der Waals surface area contributed by atoms with Crippen molar-refractivity contribution in [3.8, 4) is 17.2 Å². The number of ether oxygens (including phenoxy) is 1. The van der Waals surface area contributed by atoms with E-state index in [4.69, 9.17) is 4.74 Å². The van der Waals surface area contributed by atoms with Gasteiger partial charge in [0.1, 0.15) is 34.1 Å². The van der Waals surface area contributed by atoms with E-state index in [1.807, 2.05) is 0 Å². The Bertz CT molecular complexity index is 1700. The quantitative estimate of drug-likeness (QED) is 0.236. The molecule has 0 aliphatic heterocycles. The van der Waals surface area contributed by atoms with Crippen molar-refractivity contribution in [1.82, 2.24) is 29.9 Å². The minimum absolute atomic E-state index is 0.0823. The first-order valence-corrected chi connectivity index (χ1v) is 11.8. The standard InChI is InChI=1S/C26H23FN8O4/c1-14-11-19(26(38)35(34-14)17-5-3-16(27)4-6-17)25(37)31-21-8-7-18(12-29-21)39-20-9-10-28-23-22(20)24(33-32-23)30-15(2)13-36/h3-12,15,36H,13H2,1-2H3,(H,29,31,37)(H2,28,30,32,33). The number of carbonyl (C=O) groups excluding carboxylic acids is 1. The molecule has 0 spiro atoms. The highest BCUT2D eigenvalue weighted by molar-refractivity contribution is 6.03. The van der Waals surface area contributed by atoms with Crippen molar-refractivity contribution in [2.24, 2.45) is 0 Å². The summed E-state index contributed by atoms with van der Waals surface area (Å²) in [5, 5.41) is 26.8. The highest BCUT2D eigenvalue weighted by Crippen LogP contribution is 2.33. The van der Waals surface area contributed by atoms with Gasteiger partial charge >= 0.3 is 0 Å². The topological polar surface area (TPSA) is 160 Å². The highest BCUT2D eigenvalue weighted by atomic mass is 19.1. The Kier molecular flexibility index (Phi) is 6.97. The number of aromatic amines is 1. The number of aromatic nitrogens is 6. The maximum atomic E-state index is 13.3. The number of hydrogen-bond acceptors (Lipinski definition) is 9. The number of rotatable bonds is 8. The smallest absolute Gasteiger partial charge is 0.284 e. The Balaban J connectivity index is 1.35. The molecule has 1 atom stereocenters. The molecule has 1 aromatic carbocycles. The van der Waals surface area contributed by atoms with Crippen molar-refractivity contribution in [1.29, 1.82) is 0 Å². The van der Waals surface area contributed by atoms with Crippen LogP contribution in [0.4, 0.5) is 16.0 Å². The van der Waals surface area contributed by atoms with E-state index in [1.165, 1.54) is 42.6 Å². The fourth-order valence-electron chi connectivity index (χ4n) is 3.75. The predicted octanol–water partition coefficient (Wildman–Crippen LogP) is 3.18. The van der Waals surface area contributed by atoms with Crippen LogP contribution in [0.3, 0.4) is 0 Å². The Morgan fingerprint density at radius 3 is 2.69 bits per heavy atom. The summed E-state index contributed by atoms with van der Waals surface area (Å²) in [4.78, 5) is 34.4. The number of aliphatic hydroxyl groups is 1. The summed E-state index contributed by atoms with van der Waals surface area (Å²) < 4.78 is 20.3. The Morgan fingerprint density at radius 2 is 1.97 bits per heavy atom. The second-order valence-electron chi connectivity index (χ2n) is 8.66. The number of fused-ring (bicyclic) bond motifs is 1. The van der Waals surface area contributed by atoms with E-state index in [0.29, 0.717) is 39.7 Å². The van der Waals surface area contributed by atoms with E-state index in [2.05, 4.69) is 35.9 Å². The fraction of sp³-hybridized carbons (Fsp3) is 0.154. The molecule has 0 aliphatic carbocycles. The SMILES string of the molecule is Cc1cc(C(=O)Nc2ccc(Oc3ccnc4[nH]nc(NC(C)CO)c34)cn2)c(=O)n(-c2ccc(F)cc2)n1. The lowest BCUT2D eigenvalue weighted by molar-refractivity contribution is 0.102. The molecule has 4 heterocycles. The van der Waals surface area contributed by atoms with Gasteiger partial charge in [0.2, 0.25) is 0 Å². The van der Waals surface area contributed by atoms with Crippen molar-refractivity contribution in [2.45, 2.75) is 19.9 Å². The largest absolute Gasteiger partial charge is 0.455 e. The van der Waals surface area contributed by atoms with Crippen LogP contribution in [0.5, 0.6) is 11.5 Å². The number of carbonyl (C=O) groups is 1. The Labute approximate surface area is 220 Å². The van der Waals surface area contributed by atoms with Crippen LogP contribution >= 0.6 is 0 Å². The van der Waals surface area contributed by atoms with Gasteiger partial charge < -0.3 is 20.5 Å². The number of aryl methyl sites for hydroxylation is 1. The summed E-state index contributed by atoms with van der Waals surface area (Å²) in [6.07, 6.45) is 2.98. The average Bonchev–Trinajstić information content (AvgIpc) is 3.34. The third-order valence-electron chi connectivity index (χ3n) is 5.64. The monoisotopic (exact) mass is 530 g/mol. The van der Waals surface area contributed by atoms with Crippen LogP contribution in [-0.4, -0.2) is 53.6 Å². The summed E-state index contributed by atoms with van der Waals surface area (Å²) in [6.45, 7) is 3.36. The first-order valence-electron chi connectivity index (χ1n) is 11.8. The van der Waals surface area contributed by atoms with Gasteiger partial charge in [-0.1, -0.05) is 0 Å². The molecule has 198 valence electrons. The number of pyridine rings is 2. The van der Waals surface area contributed by atoms with Crippen LogP contribution in [0.15, 0.2) is 65.7 Å². The molecule has 1 amide bonds. The second-order valence-corrected chi connectivity index (χ2v) is 8.66. The van der Waals surface area contributed by atoms with Gasteiger partial charge in [0, 0.05) is 18.3 Å². The van der Waals surface area contributed by atoms with E-state index in [-0.39, 0.29) is 24.0 Å². The number of nitrogens with zero attached hydrogens (tertiary/aromatic N) is 5. The molecular weight excluding hydrogens is 507 g/mol. The number of amides is 1. The van der Waals surface area contributed by atoms with E-state index in [9.17, 15) is 19.1 Å². The molecule has 5 aromatic rings. The number of hydrogen-bond donors (Lipinski definition) is 4. The minimum Gasteiger partial charge on any atom is -0.455 e. The number of H-pyrrole nitrogens is 1. The third-order valence-corrected chi connectivity index (χ3v) is 5.64. The summed E-state index contributed by atoms with van der Waals surface area (Å²) in [5.74, 6) is 0.366. The van der Waals surface area contributed by atoms with Gasteiger partial charge in [-0.3, -0.25) is 14.7 Å². The molecule has 0 bridgehead atoms. The predicted molar refractivity (Wildman–Crippen MR) is 141 cm³/mol. The zero-order valence-corrected chi connectivity index (χ0v) is 20.8. The van der Waals surface area contributed by atoms with Crippen LogP contribution in [0.25, 0.3) is 16.7 Å². The second kappa shape index (κ2) is 10.7. The van der Waals surface area contributed by atoms with Crippen molar-refractivity contribution in [3.63, 3.8) is 0 Å². The summed E-state index contributed by atoms with van der Waals surface area (Å²) in [5.41, 5.74) is 0.435. The number of nitrogens with one attached hydrogen (secondary N) is 3. The summed E-state index contributed by atoms with van der Waals surface area (Å²) in [6, 6.07) is 11.1. The molecule has 13 heteroatoms.